The number of hydrogen-bond acceptors (Lipinski definition) is 4. The Morgan fingerprint density at radius 1 is 1.13 bits per heavy atom. The smallest absolute Gasteiger partial charge is 0.255 e. The highest BCUT2D eigenvalue weighted by atomic mass is 16.1. The number of rotatable bonds is 4. The van der Waals surface area contributed by atoms with Crippen LogP contribution in [0.5, 0.6) is 0 Å². The zero-order chi connectivity index (χ0) is 16.2. The lowest BCUT2D eigenvalue weighted by molar-refractivity contribution is 0.102. The van der Waals surface area contributed by atoms with Crippen LogP contribution in [0.1, 0.15) is 10.4 Å². The van der Waals surface area contributed by atoms with Crippen LogP contribution in [-0.2, 0) is 0 Å². The molecule has 6 nitrogen and oxygen atoms in total. The molecule has 116 valence electrons. The third kappa shape index (κ3) is 3.37. The maximum absolute atomic E-state index is 12.3. The molecule has 0 aliphatic carbocycles. The minimum Gasteiger partial charge on any atom is -0.378 e. The van der Waals surface area contributed by atoms with Crippen LogP contribution in [0.15, 0.2) is 54.9 Å². The monoisotopic (exact) mass is 307 g/mol. The van der Waals surface area contributed by atoms with E-state index in [1.165, 1.54) is 6.33 Å². The van der Waals surface area contributed by atoms with Gasteiger partial charge in [0.25, 0.3) is 5.91 Å². The van der Waals surface area contributed by atoms with Crippen molar-refractivity contribution in [3.63, 3.8) is 0 Å². The first-order valence-corrected chi connectivity index (χ1v) is 7.18. The standard InChI is InChI=1S/C17H17N5O/c1-22(2)15-8-6-12(7-9-15)17(23)20-14-5-3-4-13(10-14)16-18-11-19-21-16/h3-11H,1-2H3,(H,20,23)(H,18,19,21). The van der Waals surface area contributed by atoms with Gasteiger partial charge in [0.05, 0.1) is 0 Å². The molecule has 0 spiro atoms. The van der Waals surface area contributed by atoms with Crippen LogP contribution in [0.4, 0.5) is 11.4 Å². The summed E-state index contributed by atoms with van der Waals surface area (Å²) >= 11 is 0. The largest absolute Gasteiger partial charge is 0.378 e. The first kappa shape index (κ1) is 14.8. The first-order chi connectivity index (χ1) is 11.1. The summed E-state index contributed by atoms with van der Waals surface area (Å²) in [6.07, 6.45) is 1.45. The molecule has 0 radical (unpaired) electrons. The molecule has 1 heterocycles. The van der Waals surface area contributed by atoms with Crippen LogP contribution in [0, 0.1) is 0 Å². The van der Waals surface area contributed by atoms with Crippen molar-refractivity contribution in [3.8, 4) is 11.4 Å². The summed E-state index contributed by atoms with van der Waals surface area (Å²) in [6.45, 7) is 0. The lowest BCUT2D eigenvalue weighted by Crippen LogP contribution is -2.13. The molecule has 2 N–H and O–H groups in total. The Morgan fingerprint density at radius 3 is 2.57 bits per heavy atom. The van der Waals surface area contributed by atoms with E-state index in [0.29, 0.717) is 17.1 Å². The Hall–Kier alpha value is -3.15. The quantitative estimate of drug-likeness (QED) is 0.777. The Labute approximate surface area is 134 Å². The number of amides is 1. The van der Waals surface area contributed by atoms with Crippen LogP contribution in [0.2, 0.25) is 0 Å². The van der Waals surface area contributed by atoms with Gasteiger partial charge in [-0.05, 0) is 36.4 Å². The SMILES string of the molecule is CN(C)c1ccc(C(=O)Nc2cccc(-c3ncn[nH]3)c2)cc1. The van der Waals surface area contributed by atoms with Gasteiger partial charge in [0.1, 0.15) is 6.33 Å². The Morgan fingerprint density at radius 2 is 1.91 bits per heavy atom. The van der Waals surface area contributed by atoms with Crippen LogP contribution < -0.4 is 10.2 Å². The number of H-pyrrole nitrogens is 1. The summed E-state index contributed by atoms with van der Waals surface area (Å²) in [5.41, 5.74) is 3.23. The van der Waals surface area contributed by atoms with Gasteiger partial charge >= 0.3 is 0 Å². The second-order valence-electron chi connectivity index (χ2n) is 5.31. The van der Waals surface area contributed by atoms with Gasteiger partial charge in [0.15, 0.2) is 5.82 Å². The van der Waals surface area contributed by atoms with Crippen molar-refractivity contribution >= 4 is 17.3 Å². The highest BCUT2D eigenvalue weighted by Gasteiger charge is 2.08. The number of aromatic amines is 1. The van der Waals surface area contributed by atoms with E-state index in [9.17, 15) is 4.79 Å². The molecule has 0 bridgehead atoms. The molecular formula is C17H17N5O. The van der Waals surface area contributed by atoms with Gasteiger partial charge in [-0.15, -0.1) is 0 Å². The van der Waals surface area contributed by atoms with Crippen LogP contribution in [0.3, 0.4) is 0 Å². The third-order valence-electron chi connectivity index (χ3n) is 3.45. The van der Waals surface area contributed by atoms with E-state index in [1.807, 2.05) is 67.5 Å². The summed E-state index contributed by atoms with van der Waals surface area (Å²) in [5, 5.41) is 9.53. The van der Waals surface area contributed by atoms with E-state index in [1.54, 1.807) is 0 Å². The molecule has 0 aliphatic heterocycles. The summed E-state index contributed by atoms with van der Waals surface area (Å²) in [5.74, 6) is 0.515. The predicted octanol–water partition coefficient (Wildman–Crippen LogP) is 2.79. The van der Waals surface area contributed by atoms with Crippen molar-refractivity contribution in [1.29, 1.82) is 0 Å². The van der Waals surface area contributed by atoms with E-state index >= 15 is 0 Å². The van der Waals surface area contributed by atoms with Crippen LogP contribution >= 0.6 is 0 Å². The minimum atomic E-state index is -0.148. The average molecular weight is 307 g/mol. The van der Waals surface area contributed by atoms with Gasteiger partial charge in [0, 0.05) is 36.6 Å². The fraction of sp³-hybridized carbons (Fsp3) is 0.118. The van der Waals surface area contributed by atoms with E-state index in [0.717, 1.165) is 11.3 Å². The van der Waals surface area contributed by atoms with Crippen molar-refractivity contribution in [1.82, 2.24) is 15.2 Å². The number of anilines is 2. The molecule has 3 rings (SSSR count). The molecule has 0 aliphatic rings. The maximum atomic E-state index is 12.3. The van der Waals surface area contributed by atoms with E-state index in [2.05, 4.69) is 20.5 Å². The van der Waals surface area contributed by atoms with E-state index in [4.69, 9.17) is 0 Å². The normalized spacial score (nSPS) is 10.3. The van der Waals surface area contributed by atoms with Gasteiger partial charge in [-0.1, -0.05) is 12.1 Å². The summed E-state index contributed by atoms with van der Waals surface area (Å²) in [6, 6.07) is 14.9. The van der Waals surface area contributed by atoms with E-state index < -0.39 is 0 Å². The van der Waals surface area contributed by atoms with Gasteiger partial charge in [-0.25, -0.2) is 4.98 Å². The zero-order valence-electron chi connectivity index (χ0n) is 12.9. The number of nitrogens with one attached hydrogen (secondary N) is 2. The van der Waals surface area contributed by atoms with Gasteiger partial charge in [0.2, 0.25) is 0 Å². The second kappa shape index (κ2) is 6.31. The lowest BCUT2D eigenvalue weighted by atomic mass is 10.1. The fourth-order valence-electron chi connectivity index (χ4n) is 2.20. The number of carbonyl (C=O) groups excluding carboxylic acids is 1. The molecule has 0 unspecified atom stereocenters. The number of nitrogens with zero attached hydrogens (tertiary/aromatic N) is 3. The average Bonchev–Trinajstić information content (AvgIpc) is 3.10. The maximum Gasteiger partial charge on any atom is 0.255 e. The second-order valence-corrected chi connectivity index (χ2v) is 5.31. The molecule has 0 saturated carbocycles. The lowest BCUT2D eigenvalue weighted by Gasteiger charge is -2.12. The molecule has 0 atom stereocenters. The fourth-order valence-corrected chi connectivity index (χ4v) is 2.20. The Balaban J connectivity index is 1.76. The highest BCUT2D eigenvalue weighted by molar-refractivity contribution is 6.04. The van der Waals surface area contributed by atoms with Gasteiger partial charge in [-0.3, -0.25) is 9.89 Å². The first-order valence-electron chi connectivity index (χ1n) is 7.18. The van der Waals surface area contributed by atoms with Crippen LogP contribution in [0.25, 0.3) is 11.4 Å². The molecule has 23 heavy (non-hydrogen) atoms. The van der Waals surface area contributed by atoms with Crippen LogP contribution in [-0.4, -0.2) is 35.2 Å². The van der Waals surface area contributed by atoms with Crippen molar-refractivity contribution in [3.05, 3.63) is 60.4 Å². The van der Waals surface area contributed by atoms with Gasteiger partial charge in [-0.2, -0.15) is 5.10 Å². The molecule has 1 aromatic heterocycles. The van der Waals surface area contributed by atoms with E-state index in [-0.39, 0.29) is 5.91 Å². The number of carbonyl (C=O) groups is 1. The molecule has 0 saturated heterocycles. The third-order valence-corrected chi connectivity index (χ3v) is 3.45. The molecule has 3 aromatic rings. The van der Waals surface area contributed by atoms with Crippen molar-refractivity contribution < 1.29 is 4.79 Å². The predicted molar refractivity (Wildman–Crippen MR) is 90.5 cm³/mol. The molecule has 2 aromatic carbocycles. The molecule has 0 fully saturated rings. The number of hydrogen-bond donors (Lipinski definition) is 2. The van der Waals surface area contributed by atoms with Crippen molar-refractivity contribution in [2.24, 2.45) is 0 Å². The summed E-state index contributed by atoms with van der Waals surface area (Å²) in [4.78, 5) is 18.4. The number of benzene rings is 2. The Kier molecular flexibility index (Phi) is 4.05. The highest BCUT2D eigenvalue weighted by Crippen LogP contribution is 2.19. The summed E-state index contributed by atoms with van der Waals surface area (Å²) < 4.78 is 0. The number of aromatic nitrogens is 3. The molecule has 6 heteroatoms. The Bertz CT molecular complexity index is 794. The molecule has 1 amide bonds. The molecular weight excluding hydrogens is 290 g/mol. The van der Waals surface area contributed by atoms with Crippen molar-refractivity contribution in [2.45, 2.75) is 0 Å². The summed E-state index contributed by atoms with van der Waals surface area (Å²) in [7, 11) is 3.92. The van der Waals surface area contributed by atoms with Crippen molar-refractivity contribution in [2.75, 3.05) is 24.3 Å². The zero-order valence-corrected chi connectivity index (χ0v) is 12.9. The minimum absolute atomic E-state index is 0.148. The topological polar surface area (TPSA) is 73.9 Å². The van der Waals surface area contributed by atoms with Gasteiger partial charge < -0.3 is 10.2 Å².